The van der Waals surface area contributed by atoms with E-state index in [-0.39, 0.29) is 5.92 Å². The van der Waals surface area contributed by atoms with Crippen molar-refractivity contribution in [2.45, 2.75) is 19.2 Å². The minimum atomic E-state index is -4.25. The highest BCUT2D eigenvalue weighted by atomic mass is 35.5. The second-order valence-corrected chi connectivity index (χ2v) is 7.66. The number of hydrogen-bond donors (Lipinski definition) is 0. The number of hydrogen-bond acceptors (Lipinski definition) is 3. The van der Waals surface area contributed by atoms with Gasteiger partial charge in [0.25, 0.3) is 0 Å². The quantitative estimate of drug-likeness (QED) is 0.836. The molecule has 1 aromatic rings. The standard InChI is InChI=1S/C13H16ClF2NO2S/c1-9-2-3-10(4-12(9)14)5-17-6-11(7-17)8-20(18,19)13(15)16/h2-4,11,13H,5-8H2,1H3. The van der Waals surface area contributed by atoms with Crippen LogP contribution in [-0.2, 0) is 16.4 Å². The molecule has 0 aliphatic carbocycles. The van der Waals surface area contributed by atoms with Crippen LogP contribution in [-0.4, -0.2) is 37.9 Å². The average molecular weight is 324 g/mol. The van der Waals surface area contributed by atoms with E-state index >= 15 is 0 Å². The van der Waals surface area contributed by atoms with Crippen molar-refractivity contribution in [3.05, 3.63) is 34.3 Å². The van der Waals surface area contributed by atoms with Crippen LogP contribution in [0.15, 0.2) is 18.2 Å². The molecule has 3 nitrogen and oxygen atoms in total. The highest BCUT2D eigenvalue weighted by Crippen LogP contribution is 2.24. The molecule has 7 heteroatoms. The van der Waals surface area contributed by atoms with Crippen molar-refractivity contribution in [3.8, 4) is 0 Å². The molecule has 0 aromatic heterocycles. The zero-order valence-corrected chi connectivity index (χ0v) is 12.6. The van der Waals surface area contributed by atoms with Gasteiger partial charge in [-0.25, -0.2) is 8.42 Å². The summed E-state index contributed by atoms with van der Waals surface area (Å²) in [7, 11) is -4.25. The molecule has 1 aromatic carbocycles. The molecule has 1 fully saturated rings. The summed E-state index contributed by atoms with van der Waals surface area (Å²) in [6.45, 7) is 3.63. The fourth-order valence-corrected chi connectivity index (χ4v) is 3.52. The first-order chi connectivity index (χ1) is 9.28. The first-order valence-corrected chi connectivity index (χ1v) is 8.34. The zero-order chi connectivity index (χ0) is 14.9. The molecule has 2 rings (SSSR count). The maximum Gasteiger partial charge on any atom is 0.336 e. The summed E-state index contributed by atoms with van der Waals surface area (Å²) >= 11 is 6.03. The third-order valence-corrected chi connectivity index (χ3v) is 5.30. The van der Waals surface area contributed by atoms with Gasteiger partial charge in [0.05, 0.1) is 5.75 Å². The van der Waals surface area contributed by atoms with Gasteiger partial charge in [0.15, 0.2) is 0 Å². The molecule has 0 unspecified atom stereocenters. The van der Waals surface area contributed by atoms with E-state index in [0.29, 0.717) is 24.7 Å². The van der Waals surface area contributed by atoms with E-state index < -0.39 is 21.3 Å². The van der Waals surface area contributed by atoms with E-state index in [0.717, 1.165) is 11.1 Å². The highest BCUT2D eigenvalue weighted by molar-refractivity contribution is 7.91. The molecule has 0 spiro atoms. The van der Waals surface area contributed by atoms with Crippen LogP contribution in [0.5, 0.6) is 0 Å². The van der Waals surface area contributed by atoms with E-state index in [4.69, 9.17) is 11.6 Å². The van der Waals surface area contributed by atoms with Crippen molar-refractivity contribution in [3.63, 3.8) is 0 Å². The maximum absolute atomic E-state index is 12.2. The van der Waals surface area contributed by atoms with Gasteiger partial charge < -0.3 is 0 Å². The second kappa shape index (κ2) is 5.95. The van der Waals surface area contributed by atoms with Crippen molar-refractivity contribution in [1.82, 2.24) is 4.90 Å². The third-order valence-electron chi connectivity index (χ3n) is 3.41. The zero-order valence-electron chi connectivity index (χ0n) is 11.0. The number of alkyl halides is 2. The van der Waals surface area contributed by atoms with Gasteiger partial charge >= 0.3 is 5.76 Å². The SMILES string of the molecule is Cc1ccc(CN2CC(CS(=O)(=O)C(F)F)C2)cc1Cl. The summed E-state index contributed by atoms with van der Waals surface area (Å²) in [6.07, 6.45) is 0. The Kier molecular flexibility index (Phi) is 4.66. The number of benzene rings is 1. The number of nitrogens with zero attached hydrogens (tertiary/aromatic N) is 1. The molecule has 0 bridgehead atoms. The summed E-state index contributed by atoms with van der Waals surface area (Å²) in [5, 5.41) is 0.694. The number of aryl methyl sites for hydroxylation is 1. The van der Waals surface area contributed by atoms with Crippen LogP contribution in [0.3, 0.4) is 0 Å². The summed E-state index contributed by atoms with van der Waals surface area (Å²) in [4.78, 5) is 2.02. The van der Waals surface area contributed by atoms with Gasteiger partial charge in [0.1, 0.15) is 0 Å². The van der Waals surface area contributed by atoms with E-state index in [1.807, 2.05) is 30.0 Å². The maximum atomic E-state index is 12.2. The number of halogens is 3. The molecule has 1 aliphatic rings. The summed E-state index contributed by atoms with van der Waals surface area (Å²) in [5.41, 5.74) is 2.04. The van der Waals surface area contributed by atoms with Crippen LogP contribution in [0.25, 0.3) is 0 Å². The van der Waals surface area contributed by atoms with Crippen LogP contribution in [0.2, 0.25) is 5.02 Å². The van der Waals surface area contributed by atoms with Crippen LogP contribution in [0.1, 0.15) is 11.1 Å². The Labute approximate surface area is 122 Å². The molecule has 20 heavy (non-hydrogen) atoms. The van der Waals surface area contributed by atoms with E-state index in [1.54, 1.807) is 0 Å². The van der Waals surface area contributed by atoms with Crippen molar-refractivity contribution in [2.75, 3.05) is 18.8 Å². The van der Waals surface area contributed by atoms with Crippen molar-refractivity contribution in [2.24, 2.45) is 5.92 Å². The van der Waals surface area contributed by atoms with Gasteiger partial charge in [0.2, 0.25) is 9.84 Å². The molecule has 1 saturated heterocycles. The lowest BCUT2D eigenvalue weighted by Gasteiger charge is -2.39. The van der Waals surface area contributed by atoms with Crippen molar-refractivity contribution >= 4 is 21.4 Å². The van der Waals surface area contributed by atoms with Gasteiger partial charge in [0, 0.05) is 24.7 Å². The van der Waals surface area contributed by atoms with Crippen molar-refractivity contribution < 1.29 is 17.2 Å². The Morgan fingerprint density at radius 2 is 2.05 bits per heavy atom. The third kappa shape index (κ3) is 3.68. The molecule has 0 amide bonds. The fourth-order valence-electron chi connectivity index (χ4n) is 2.31. The van der Waals surface area contributed by atoms with Gasteiger partial charge in [-0.2, -0.15) is 8.78 Å². The molecule has 0 radical (unpaired) electrons. The Morgan fingerprint density at radius 1 is 1.40 bits per heavy atom. The molecule has 112 valence electrons. The highest BCUT2D eigenvalue weighted by Gasteiger charge is 2.34. The Balaban J connectivity index is 1.84. The second-order valence-electron chi connectivity index (χ2n) is 5.23. The van der Waals surface area contributed by atoms with Crippen LogP contribution < -0.4 is 0 Å². The molecule has 0 saturated carbocycles. The molecule has 1 aliphatic heterocycles. The van der Waals surface area contributed by atoms with Gasteiger partial charge in [-0.1, -0.05) is 23.7 Å². The number of likely N-dealkylation sites (tertiary alicyclic amines) is 1. The molecular weight excluding hydrogens is 308 g/mol. The summed E-state index contributed by atoms with van der Waals surface area (Å²) in [5.74, 6) is -3.90. The Hall–Kier alpha value is -0.720. The molecule has 1 heterocycles. The lowest BCUT2D eigenvalue weighted by molar-refractivity contribution is 0.105. The minimum absolute atomic E-state index is 0.199. The molecular formula is C13H16ClF2NO2S. The first-order valence-electron chi connectivity index (χ1n) is 6.25. The monoisotopic (exact) mass is 323 g/mol. The Bertz CT molecular complexity index is 586. The number of sulfone groups is 1. The van der Waals surface area contributed by atoms with E-state index in [1.165, 1.54) is 0 Å². The normalized spacial score (nSPS) is 17.4. The molecule has 0 N–H and O–H groups in total. The minimum Gasteiger partial charge on any atom is -0.298 e. The summed E-state index contributed by atoms with van der Waals surface area (Å²) in [6, 6.07) is 5.76. The molecule has 0 atom stereocenters. The fraction of sp³-hybridized carbons (Fsp3) is 0.538. The Morgan fingerprint density at radius 3 is 2.60 bits per heavy atom. The van der Waals surface area contributed by atoms with Crippen LogP contribution in [0, 0.1) is 12.8 Å². The van der Waals surface area contributed by atoms with Crippen molar-refractivity contribution in [1.29, 1.82) is 0 Å². The number of rotatable bonds is 5. The lowest BCUT2D eigenvalue weighted by Crippen LogP contribution is -2.49. The van der Waals surface area contributed by atoms with Gasteiger partial charge in [-0.05, 0) is 30.0 Å². The van der Waals surface area contributed by atoms with Crippen LogP contribution >= 0.6 is 11.6 Å². The average Bonchev–Trinajstić information content (AvgIpc) is 2.30. The smallest absolute Gasteiger partial charge is 0.298 e. The van der Waals surface area contributed by atoms with E-state index in [9.17, 15) is 17.2 Å². The van der Waals surface area contributed by atoms with E-state index in [2.05, 4.69) is 0 Å². The predicted molar refractivity (Wildman–Crippen MR) is 74.7 cm³/mol. The lowest BCUT2D eigenvalue weighted by atomic mass is 10.0. The van der Waals surface area contributed by atoms with Crippen LogP contribution in [0.4, 0.5) is 8.78 Å². The largest absolute Gasteiger partial charge is 0.336 e. The predicted octanol–water partition coefficient (Wildman–Crippen LogP) is 2.72. The van der Waals surface area contributed by atoms with Gasteiger partial charge in [-0.3, -0.25) is 4.90 Å². The van der Waals surface area contributed by atoms with Gasteiger partial charge in [-0.15, -0.1) is 0 Å². The topological polar surface area (TPSA) is 37.4 Å². The summed E-state index contributed by atoms with van der Waals surface area (Å²) < 4.78 is 46.7. The first kappa shape index (κ1) is 15.7.